The average molecular weight is 756 g/mol. The molecule has 0 aromatic heterocycles. The van der Waals surface area contributed by atoms with Crippen LogP contribution in [-0.2, 0) is 53.3 Å². The zero-order valence-electron chi connectivity index (χ0n) is 30.6. The topological polar surface area (TPSA) is 136 Å². The Morgan fingerprint density at radius 2 is 1.48 bits per heavy atom. The van der Waals surface area contributed by atoms with E-state index < -0.39 is 34.0 Å². The molecular weight excluding hydrogens is 707 g/mol. The normalized spacial score (nSPS) is 22.2. The van der Waals surface area contributed by atoms with Crippen LogP contribution >= 0.6 is 0 Å². The van der Waals surface area contributed by atoms with Gasteiger partial charge in [-0.3, -0.25) is 4.79 Å². The van der Waals surface area contributed by atoms with Crippen LogP contribution in [0.1, 0.15) is 65.0 Å². The number of ether oxygens (including phenoxy) is 4. The molecule has 0 saturated carbocycles. The Morgan fingerprint density at radius 3 is 2.15 bits per heavy atom. The van der Waals surface area contributed by atoms with Gasteiger partial charge >= 0.3 is 0 Å². The first-order chi connectivity index (χ1) is 26.2. The maximum atomic E-state index is 13.6. The van der Waals surface area contributed by atoms with Crippen LogP contribution in [0, 0.1) is 6.92 Å². The van der Waals surface area contributed by atoms with Crippen molar-refractivity contribution >= 4 is 15.9 Å². The van der Waals surface area contributed by atoms with Crippen molar-refractivity contribution in [3.63, 3.8) is 0 Å². The summed E-state index contributed by atoms with van der Waals surface area (Å²) in [5, 5.41) is 12.5. The Kier molecular flexibility index (Phi) is 12.2. The molecule has 3 aliphatic heterocycles. The van der Waals surface area contributed by atoms with Gasteiger partial charge in [0, 0.05) is 51.0 Å². The van der Waals surface area contributed by atoms with E-state index >= 15 is 0 Å². The minimum Gasteiger partial charge on any atom is -0.392 e. The quantitative estimate of drug-likeness (QED) is 0.171. The van der Waals surface area contributed by atoms with Gasteiger partial charge in [0.15, 0.2) is 12.1 Å². The molecule has 11 nitrogen and oxygen atoms in total. The number of carbonyl (C=O) groups is 1. The number of sulfonamides is 1. The summed E-state index contributed by atoms with van der Waals surface area (Å²) in [6.45, 7) is 5.85. The number of piperidine rings is 1. The molecule has 1 spiro atoms. The monoisotopic (exact) mass is 755 g/mol. The molecule has 0 radical (unpaired) electrons. The molecule has 4 aromatic carbocycles. The molecule has 286 valence electrons. The summed E-state index contributed by atoms with van der Waals surface area (Å²) in [6, 6.07) is 30.5. The lowest BCUT2D eigenvalue weighted by atomic mass is 9.98. The van der Waals surface area contributed by atoms with Crippen molar-refractivity contribution in [1.29, 1.82) is 0 Å². The zero-order valence-corrected chi connectivity index (χ0v) is 31.4. The van der Waals surface area contributed by atoms with Crippen LogP contribution < -0.4 is 10.0 Å². The molecule has 3 aliphatic rings. The van der Waals surface area contributed by atoms with Crippen LogP contribution in [0.3, 0.4) is 0 Å². The van der Waals surface area contributed by atoms with E-state index in [0.717, 1.165) is 65.9 Å². The Balaban J connectivity index is 1.01. The lowest BCUT2D eigenvalue weighted by molar-refractivity contribution is -0.255. The first-order valence-electron chi connectivity index (χ1n) is 18.7. The molecule has 3 heterocycles. The van der Waals surface area contributed by atoms with E-state index in [9.17, 15) is 18.3 Å². The number of likely N-dealkylation sites (tertiary alicyclic amines) is 1. The highest BCUT2D eigenvalue weighted by Crippen LogP contribution is 2.39. The molecule has 0 bridgehead atoms. The fourth-order valence-electron chi connectivity index (χ4n) is 7.30. The summed E-state index contributed by atoms with van der Waals surface area (Å²) < 4.78 is 54.3. The summed E-state index contributed by atoms with van der Waals surface area (Å²) in [5.41, 5.74) is 5.34. The van der Waals surface area contributed by atoms with Gasteiger partial charge in [0.1, 0.15) is 6.04 Å². The fourth-order valence-corrected chi connectivity index (χ4v) is 8.49. The third kappa shape index (κ3) is 9.63. The fraction of sp³-hybridized carbons (Fsp3) is 0.405. The van der Waals surface area contributed by atoms with Crippen LogP contribution in [0.15, 0.2) is 108 Å². The molecule has 1 amide bonds. The van der Waals surface area contributed by atoms with Crippen LogP contribution in [0.25, 0.3) is 0 Å². The molecule has 1 unspecified atom stereocenters. The highest BCUT2D eigenvalue weighted by molar-refractivity contribution is 7.89. The van der Waals surface area contributed by atoms with E-state index in [1.807, 2.05) is 85.8 Å². The maximum absolute atomic E-state index is 13.6. The van der Waals surface area contributed by atoms with Gasteiger partial charge in [0.2, 0.25) is 15.9 Å². The number of aliphatic hydroxyl groups is 1. The maximum Gasteiger partial charge on any atom is 0.241 e. The van der Waals surface area contributed by atoms with Gasteiger partial charge in [-0.15, -0.1) is 0 Å². The molecule has 7 rings (SSSR count). The Morgan fingerprint density at radius 1 is 0.833 bits per heavy atom. The number of carbonyl (C=O) groups excluding carboxylic acids is 1. The highest BCUT2D eigenvalue weighted by Gasteiger charge is 2.41. The van der Waals surface area contributed by atoms with Crippen molar-refractivity contribution in [2.24, 2.45) is 0 Å². The molecular formula is C42H49N3O8S. The van der Waals surface area contributed by atoms with Crippen molar-refractivity contribution in [1.82, 2.24) is 14.9 Å². The smallest absolute Gasteiger partial charge is 0.241 e. The van der Waals surface area contributed by atoms with Crippen molar-refractivity contribution in [3.05, 3.63) is 137 Å². The number of hydrogen-bond donors (Lipinski definition) is 3. The second-order valence-electron chi connectivity index (χ2n) is 14.4. The van der Waals surface area contributed by atoms with Gasteiger partial charge in [-0.2, -0.15) is 4.72 Å². The standard InChI is InChI=1S/C42H49N3O8S/c1-30-7-17-37(18-8-30)54(48,49)44-38(25-31-5-3-2-4-6-31)40(47)43-27-32-9-15-35(16-10-32)41-52-36(26-39(53-41)34-13-11-33(29-46)12-14-34)28-45-21-19-42(20-22-45)50-23-24-51-42/h2-18,36,38-39,41,44,46H,19-29H2,1H3,(H,43,47)/t36-,38+,39+,41?/m0/s1. The minimum absolute atomic E-state index is 0.0203. The highest BCUT2D eigenvalue weighted by atomic mass is 32.2. The van der Waals surface area contributed by atoms with Gasteiger partial charge in [-0.25, -0.2) is 8.42 Å². The zero-order chi connectivity index (χ0) is 37.5. The summed E-state index contributed by atoms with van der Waals surface area (Å²) in [6.07, 6.45) is 1.63. The van der Waals surface area contributed by atoms with E-state index in [-0.39, 0.29) is 36.7 Å². The van der Waals surface area contributed by atoms with E-state index in [0.29, 0.717) is 19.6 Å². The summed E-state index contributed by atoms with van der Waals surface area (Å²) in [4.78, 5) is 16.1. The molecule has 54 heavy (non-hydrogen) atoms. The Labute approximate surface area is 317 Å². The summed E-state index contributed by atoms with van der Waals surface area (Å²) in [7, 11) is -3.95. The summed E-state index contributed by atoms with van der Waals surface area (Å²) in [5.74, 6) is -0.864. The second kappa shape index (κ2) is 17.2. The lowest BCUT2D eigenvalue weighted by Gasteiger charge is -2.41. The molecule has 3 fully saturated rings. The number of amides is 1. The number of aliphatic hydroxyl groups excluding tert-OH is 1. The van der Waals surface area contributed by atoms with Gasteiger partial charge < -0.3 is 34.3 Å². The number of rotatable bonds is 13. The predicted molar refractivity (Wildman–Crippen MR) is 202 cm³/mol. The van der Waals surface area contributed by atoms with Crippen LogP contribution in [0.5, 0.6) is 0 Å². The van der Waals surface area contributed by atoms with Crippen molar-refractivity contribution in [3.8, 4) is 0 Å². The first kappa shape index (κ1) is 38.3. The van der Waals surface area contributed by atoms with Gasteiger partial charge in [-0.05, 0) is 47.7 Å². The second-order valence-corrected chi connectivity index (χ2v) is 16.1. The van der Waals surface area contributed by atoms with Gasteiger partial charge in [0.25, 0.3) is 0 Å². The molecule has 3 N–H and O–H groups in total. The average Bonchev–Trinajstić information content (AvgIpc) is 3.66. The largest absolute Gasteiger partial charge is 0.392 e. The lowest BCUT2D eigenvalue weighted by Crippen LogP contribution is -2.48. The van der Waals surface area contributed by atoms with Crippen LogP contribution in [0.2, 0.25) is 0 Å². The third-order valence-corrected chi connectivity index (χ3v) is 11.9. The molecule has 3 saturated heterocycles. The molecule has 12 heteroatoms. The molecule has 4 atom stereocenters. The predicted octanol–water partition coefficient (Wildman–Crippen LogP) is 5.08. The third-order valence-electron chi connectivity index (χ3n) is 10.5. The number of benzene rings is 4. The van der Waals surface area contributed by atoms with E-state index in [2.05, 4.69) is 14.9 Å². The van der Waals surface area contributed by atoms with Crippen LogP contribution in [-0.4, -0.2) is 75.1 Å². The first-order valence-corrected chi connectivity index (χ1v) is 20.2. The van der Waals surface area contributed by atoms with Crippen molar-refractivity contribution < 1.29 is 37.3 Å². The molecule has 4 aromatic rings. The van der Waals surface area contributed by atoms with Crippen molar-refractivity contribution in [2.75, 3.05) is 32.8 Å². The number of nitrogens with zero attached hydrogens (tertiary/aromatic N) is 1. The Hall–Kier alpha value is -3.98. The number of aryl methyl sites for hydroxylation is 1. The van der Waals surface area contributed by atoms with E-state index in [1.54, 1.807) is 12.1 Å². The van der Waals surface area contributed by atoms with Gasteiger partial charge in [0.05, 0.1) is 36.9 Å². The van der Waals surface area contributed by atoms with Crippen LogP contribution in [0.4, 0.5) is 0 Å². The SMILES string of the molecule is Cc1ccc(S(=O)(=O)N[C@H](Cc2ccccc2)C(=O)NCc2ccc(C3O[C@H](CN4CCC5(CC4)OCCO5)C[C@H](c4ccc(CO)cc4)O3)cc2)cc1. The van der Waals surface area contributed by atoms with Gasteiger partial charge in [-0.1, -0.05) is 96.6 Å². The minimum atomic E-state index is -3.95. The van der Waals surface area contributed by atoms with E-state index in [1.165, 1.54) is 12.1 Å². The number of hydrogen-bond acceptors (Lipinski definition) is 9. The Bertz CT molecular complexity index is 1930. The molecule has 0 aliphatic carbocycles. The van der Waals surface area contributed by atoms with Crippen molar-refractivity contribution in [2.45, 2.75) is 81.0 Å². The number of nitrogens with one attached hydrogen (secondary N) is 2. The summed E-state index contributed by atoms with van der Waals surface area (Å²) >= 11 is 0. The van der Waals surface area contributed by atoms with E-state index in [4.69, 9.17) is 18.9 Å².